The summed E-state index contributed by atoms with van der Waals surface area (Å²) in [5, 5.41) is 0.452. The molecule has 2 aromatic rings. The smallest absolute Gasteiger partial charge is 0.303 e. The lowest BCUT2D eigenvalue weighted by molar-refractivity contribution is -0.155. The predicted molar refractivity (Wildman–Crippen MR) is 85.5 cm³/mol. The van der Waals surface area contributed by atoms with Crippen molar-refractivity contribution < 1.29 is 23.8 Å². The van der Waals surface area contributed by atoms with Crippen molar-refractivity contribution in [2.45, 2.75) is 42.7 Å². The third-order valence-corrected chi connectivity index (χ3v) is 5.28. The van der Waals surface area contributed by atoms with Crippen molar-refractivity contribution in [3.63, 3.8) is 0 Å². The van der Waals surface area contributed by atoms with Crippen LogP contribution in [0.1, 0.15) is 20.1 Å². The Morgan fingerprint density at radius 3 is 2.88 bits per heavy atom. The van der Waals surface area contributed by atoms with Crippen molar-refractivity contribution in [1.29, 1.82) is 0 Å². The number of hydrogen-bond donors (Lipinski definition) is 1. The zero-order chi connectivity index (χ0) is 17.7. The summed E-state index contributed by atoms with van der Waals surface area (Å²) in [6.45, 7) is 2.64. The molecule has 4 atom stereocenters. The second kappa shape index (κ2) is 5.85. The molecule has 2 aliphatic heterocycles. The van der Waals surface area contributed by atoms with Gasteiger partial charge in [0, 0.05) is 13.8 Å². The van der Waals surface area contributed by atoms with Crippen molar-refractivity contribution in [3.05, 3.63) is 6.33 Å². The van der Waals surface area contributed by atoms with Crippen LogP contribution in [-0.2, 0) is 23.8 Å². The second-order valence-corrected chi connectivity index (χ2v) is 6.86. The zero-order valence-electron chi connectivity index (χ0n) is 13.4. The van der Waals surface area contributed by atoms with Gasteiger partial charge in [0.05, 0.1) is 5.25 Å². The Morgan fingerprint density at radius 2 is 2.16 bits per heavy atom. The number of carbonyl (C=O) groups excluding carboxylic acids is 2. The summed E-state index contributed by atoms with van der Waals surface area (Å²) in [5.41, 5.74) is 6.90. The number of esters is 2. The summed E-state index contributed by atoms with van der Waals surface area (Å²) in [4.78, 5) is 35.2. The Morgan fingerprint density at radius 1 is 1.36 bits per heavy atom. The van der Waals surface area contributed by atoms with E-state index in [9.17, 15) is 9.59 Å². The summed E-state index contributed by atoms with van der Waals surface area (Å²) in [5.74, 6) is -0.567. The number of thioether (sulfide) groups is 1. The van der Waals surface area contributed by atoms with E-state index >= 15 is 0 Å². The average molecular weight is 365 g/mol. The first-order chi connectivity index (χ1) is 12.0. The Kier molecular flexibility index (Phi) is 3.76. The highest BCUT2D eigenvalue weighted by atomic mass is 32.2. The van der Waals surface area contributed by atoms with E-state index in [1.54, 1.807) is 0 Å². The van der Waals surface area contributed by atoms with E-state index in [0.29, 0.717) is 16.3 Å². The van der Waals surface area contributed by atoms with Gasteiger partial charge in [-0.25, -0.2) is 15.0 Å². The molecule has 2 N–H and O–H groups in total. The number of ether oxygens (including phenoxy) is 3. The van der Waals surface area contributed by atoms with Crippen LogP contribution in [0.15, 0.2) is 11.5 Å². The van der Waals surface area contributed by atoms with Crippen molar-refractivity contribution >= 4 is 40.7 Å². The van der Waals surface area contributed by atoms with Crippen LogP contribution < -0.4 is 5.73 Å². The number of nitrogens with two attached hydrogens (primary N) is 1. The fourth-order valence-electron chi connectivity index (χ4n) is 3.05. The van der Waals surface area contributed by atoms with Gasteiger partial charge in [-0.1, -0.05) is 11.8 Å². The number of anilines is 1. The van der Waals surface area contributed by atoms with Gasteiger partial charge in [0.2, 0.25) is 0 Å². The third-order valence-electron chi connectivity index (χ3n) is 4.01. The van der Waals surface area contributed by atoms with Crippen LogP contribution in [0, 0.1) is 0 Å². The minimum absolute atomic E-state index is 0.0000734. The van der Waals surface area contributed by atoms with Gasteiger partial charge < -0.3 is 19.9 Å². The number of rotatable bonds is 3. The van der Waals surface area contributed by atoms with Gasteiger partial charge in [-0.2, -0.15) is 0 Å². The molecular weight excluding hydrogens is 350 g/mol. The summed E-state index contributed by atoms with van der Waals surface area (Å²) >= 11 is 1.42. The molecule has 0 bridgehead atoms. The number of nitrogens with zero attached hydrogens (tertiary/aromatic N) is 4. The lowest BCUT2D eigenvalue weighted by atomic mass is 10.1. The molecule has 4 heterocycles. The number of imidazole rings is 1. The van der Waals surface area contributed by atoms with E-state index in [2.05, 4.69) is 15.0 Å². The molecule has 1 saturated heterocycles. The van der Waals surface area contributed by atoms with Crippen LogP contribution >= 0.6 is 11.8 Å². The molecule has 10 nitrogen and oxygen atoms in total. The molecule has 0 amide bonds. The summed E-state index contributed by atoms with van der Waals surface area (Å²) in [6, 6.07) is 0. The van der Waals surface area contributed by atoms with Gasteiger partial charge in [-0.05, 0) is 0 Å². The lowest BCUT2D eigenvalue weighted by Gasteiger charge is -2.20. The fraction of sp³-hybridized carbons (Fsp3) is 0.500. The Balaban J connectivity index is 1.69. The van der Waals surface area contributed by atoms with E-state index in [0.717, 1.165) is 0 Å². The maximum atomic E-state index is 11.5. The van der Waals surface area contributed by atoms with E-state index in [4.69, 9.17) is 19.9 Å². The number of nitrogen functional groups attached to an aromatic ring is 1. The van der Waals surface area contributed by atoms with Crippen molar-refractivity contribution in [2.75, 3.05) is 12.3 Å². The molecule has 4 rings (SSSR count). The number of carbonyl (C=O) groups is 2. The molecule has 25 heavy (non-hydrogen) atoms. The molecule has 0 unspecified atom stereocenters. The van der Waals surface area contributed by atoms with Crippen LogP contribution in [0.3, 0.4) is 0 Å². The lowest BCUT2D eigenvalue weighted by Crippen LogP contribution is -2.36. The highest BCUT2D eigenvalue weighted by Crippen LogP contribution is 2.50. The summed E-state index contributed by atoms with van der Waals surface area (Å²) in [7, 11) is 0. The van der Waals surface area contributed by atoms with Gasteiger partial charge in [0.25, 0.3) is 0 Å². The SMILES string of the molecule is CC(=O)OC[C@H]1O[C@@H]2[C@@H](Sc3nc4c(N)ncnc4n32)[C@@H]1OC(C)=O. The Labute approximate surface area is 146 Å². The van der Waals surface area contributed by atoms with E-state index in [-0.39, 0.29) is 17.7 Å². The third kappa shape index (κ3) is 2.59. The molecule has 2 aromatic heterocycles. The van der Waals surface area contributed by atoms with Gasteiger partial charge in [0.1, 0.15) is 25.1 Å². The van der Waals surface area contributed by atoms with Gasteiger partial charge in [0.15, 0.2) is 28.4 Å². The highest BCUT2D eigenvalue weighted by molar-refractivity contribution is 8.00. The molecule has 0 aromatic carbocycles. The van der Waals surface area contributed by atoms with Gasteiger partial charge in [-0.3, -0.25) is 14.2 Å². The van der Waals surface area contributed by atoms with Gasteiger partial charge >= 0.3 is 11.9 Å². The molecule has 1 fully saturated rings. The van der Waals surface area contributed by atoms with Crippen LogP contribution in [0.4, 0.5) is 5.82 Å². The van der Waals surface area contributed by atoms with E-state index in [1.807, 2.05) is 4.57 Å². The van der Waals surface area contributed by atoms with E-state index in [1.165, 1.54) is 31.9 Å². The second-order valence-electron chi connectivity index (χ2n) is 5.72. The van der Waals surface area contributed by atoms with Crippen molar-refractivity contribution in [1.82, 2.24) is 19.5 Å². The first-order valence-electron chi connectivity index (χ1n) is 7.57. The Bertz CT molecular complexity index is 871. The predicted octanol–water partition coefficient (Wildman–Crippen LogP) is 0.275. The number of fused-ring (bicyclic) bond motifs is 5. The van der Waals surface area contributed by atoms with Crippen molar-refractivity contribution in [3.8, 4) is 0 Å². The quantitative estimate of drug-likeness (QED) is 0.756. The molecule has 11 heteroatoms. The minimum Gasteiger partial charge on any atom is -0.463 e. The van der Waals surface area contributed by atoms with Crippen molar-refractivity contribution in [2.24, 2.45) is 0 Å². The molecular formula is C14H15N5O5S. The summed E-state index contributed by atoms with van der Waals surface area (Å²) < 4.78 is 18.3. The molecule has 132 valence electrons. The fourth-order valence-corrected chi connectivity index (χ4v) is 4.41. The maximum Gasteiger partial charge on any atom is 0.303 e. The molecule has 0 aliphatic carbocycles. The number of aromatic nitrogens is 4. The molecule has 0 saturated carbocycles. The van der Waals surface area contributed by atoms with Gasteiger partial charge in [-0.15, -0.1) is 0 Å². The van der Waals surface area contributed by atoms with Crippen LogP contribution in [0.5, 0.6) is 0 Å². The van der Waals surface area contributed by atoms with E-state index < -0.39 is 30.4 Å². The molecule has 0 spiro atoms. The standard InChI is InChI=1S/C14H15N5O5S/c1-5(20)22-3-7-9(23-6(2)21)10-13(24-7)19-12-8(18-14(19)25-10)11(15)16-4-17-12/h4,7,9-10,13H,3H2,1-2H3,(H2,15,16,17)/t7-,9-,10+,13-/m1/s1. The monoisotopic (exact) mass is 365 g/mol. The zero-order valence-corrected chi connectivity index (χ0v) is 14.2. The highest BCUT2D eigenvalue weighted by Gasteiger charge is 2.54. The maximum absolute atomic E-state index is 11.5. The first kappa shape index (κ1) is 16.1. The van der Waals surface area contributed by atoms with Crippen LogP contribution in [0.2, 0.25) is 0 Å². The first-order valence-corrected chi connectivity index (χ1v) is 8.44. The minimum atomic E-state index is -0.569. The largest absolute Gasteiger partial charge is 0.463 e. The molecule has 2 aliphatic rings. The topological polar surface area (TPSA) is 131 Å². The summed E-state index contributed by atoms with van der Waals surface area (Å²) in [6.07, 6.45) is -0.230. The molecule has 0 radical (unpaired) electrons. The average Bonchev–Trinajstić information content (AvgIpc) is 3.15. The van der Waals surface area contributed by atoms with Crippen LogP contribution in [0.25, 0.3) is 11.2 Å². The normalized spacial score (nSPS) is 27.1. The Hall–Kier alpha value is -2.40. The number of hydrogen-bond acceptors (Lipinski definition) is 10. The van der Waals surface area contributed by atoms with Crippen LogP contribution in [-0.4, -0.2) is 55.5 Å².